The zero-order chi connectivity index (χ0) is 13.9. The second-order valence-electron chi connectivity index (χ2n) is 5.07. The van der Waals surface area contributed by atoms with Gasteiger partial charge in [-0.25, -0.2) is 15.8 Å². The van der Waals surface area contributed by atoms with Crippen molar-refractivity contribution in [2.24, 2.45) is 12.9 Å². The molecule has 2 aromatic rings. The van der Waals surface area contributed by atoms with Crippen LogP contribution in [0.4, 0.5) is 11.6 Å². The lowest BCUT2D eigenvalue weighted by molar-refractivity contribution is 0.741. The Bertz CT molecular complexity index is 588. The van der Waals surface area contributed by atoms with Gasteiger partial charge in [-0.05, 0) is 18.9 Å². The molecule has 0 bridgehead atoms. The Morgan fingerprint density at radius 3 is 2.80 bits per heavy atom. The van der Waals surface area contributed by atoms with Crippen molar-refractivity contribution < 1.29 is 0 Å². The van der Waals surface area contributed by atoms with E-state index in [-0.39, 0.29) is 0 Å². The Morgan fingerprint density at radius 2 is 2.15 bits per heavy atom. The van der Waals surface area contributed by atoms with E-state index in [1.807, 2.05) is 30.1 Å². The van der Waals surface area contributed by atoms with Crippen LogP contribution in [-0.4, -0.2) is 26.3 Å². The second-order valence-corrected chi connectivity index (χ2v) is 5.07. The van der Waals surface area contributed by atoms with E-state index in [1.54, 1.807) is 0 Å². The van der Waals surface area contributed by atoms with E-state index in [9.17, 15) is 0 Å². The average Bonchev–Trinajstić information content (AvgIpc) is 3.22. The van der Waals surface area contributed by atoms with Crippen molar-refractivity contribution in [2.45, 2.75) is 25.2 Å². The van der Waals surface area contributed by atoms with Crippen molar-refractivity contribution in [1.82, 2.24) is 19.7 Å². The molecule has 1 aliphatic carbocycles. The minimum Gasteiger partial charge on any atom is -0.370 e. The van der Waals surface area contributed by atoms with Gasteiger partial charge in [-0.15, -0.1) is 0 Å². The molecule has 0 atom stereocenters. The number of rotatable bonds is 6. The van der Waals surface area contributed by atoms with Gasteiger partial charge in [0.25, 0.3) is 0 Å². The number of hydrogen-bond donors (Lipinski definition) is 3. The molecule has 1 saturated carbocycles. The summed E-state index contributed by atoms with van der Waals surface area (Å²) in [7, 11) is 1.92. The SMILES string of the molecule is Cn1ccc(CCNc2cc(NN)nc(C3CC3)n2)n1. The molecule has 0 amide bonds. The summed E-state index contributed by atoms with van der Waals surface area (Å²) in [5, 5.41) is 7.65. The van der Waals surface area contributed by atoms with Crippen molar-refractivity contribution in [1.29, 1.82) is 0 Å². The van der Waals surface area contributed by atoms with E-state index in [0.29, 0.717) is 11.7 Å². The van der Waals surface area contributed by atoms with Crippen LogP contribution in [0.15, 0.2) is 18.3 Å². The van der Waals surface area contributed by atoms with Gasteiger partial charge >= 0.3 is 0 Å². The highest BCUT2D eigenvalue weighted by Gasteiger charge is 2.27. The van der Waals surface area contributed by atoms with Gasteiger partial charge in [-0.1, -0.05) is 0 Å². The molecule has 1 fully saturated rings. The molecule has 0 saturated heterocycles. The van der Waals surface area contributed by atoms with Gasteiger partial charge in [0.15, 0.2) is 0 Å². The average molecular weight is 273 g/mol. The highest BCUT2D eigenvalue weighted by Crippen LogP contribution is 2.38. The van der Waals surface area contributed by atoms with Crippen molar-refractivity contribution in [3.8, 4) is 0 Å². The predicted molar refractivity (Wildman–Crippen MR) is 77.2 cm³/mol. The summed E-state index contributed by atoms with van der Waals surface area (Å²) in [6, 6.07) is 3.84. The molecule has 2 heterocycles. The number of aromatic nitrogens is 4. The maximum atomic E-state index is 5.45. The second kappa shape index (κ2) is 5.46. The lowest BCUT2D eigenvalue weighted by Crippen LogP contribution is -2.13. The van der Waals surface area contributed by atoms with Crippen LogP contribution in [-0.2, 0) is 13.5 Å². The first-order chi connectivity index (χ1) is 9.74. The number of anilines is 2. The standard InChI is InChI=1S/C13H19N7/c1-20-7-5-10(19-20)4-6-15-11-8-12(18-14)17-13(16-11)9-2-3-9/h5,7-9H,2-4,6,14H2,1H3,(H2,15,16,17,18). The molecule has 7 heteroatoms. The number of nitrogens with zero attached hydrogens (tertiary/aromatic N) is 4. The number of nitrogens with two attached hydrogens (primary N) is 1. The molecule has 106 valence electrons. The number of hydrogen-bond acceptors (Lipinski definition) is 6. The monoisotopic (exact) mass is 273 g/mol. The number of nitrogens with one attached hydrogen (secondary N) is 2. The van der Waals surface area contributed by atoms with Crippen LogP contribution >= 0.6 is 0 Å². The summed E-state index contributed by atoms with van der Waals surface area (Å²) >= 11 is 0. The van der Waals surface area contributed by atoms with Gasteiger partial charge in [-0.2, -0.15) is 5.10 Å². The summed E-state index contributed by atoms with van der Waals surface area (Å²) < 4.78 is 1.81. The molecule has 0 radical (unpaired) electrons. The predicted octanol–water partition coefficient (Wildman–Crippen LogP) is 1.03. The molecule has 1 aliphatic rings. The minimum absolute atomic E-state index is 0.500. The minimum atomic E-state index is 0.500. The maximum absolute atomic E-state index is 5.45. The van der Waals surface area contributed by atoms with Crippen LogP contribution in [0.1, 0.15) is 30.3 Å². The lowest BCUT2D eigenvalue weighted by Gasteiger charge is -2.08. The molecule has 0 aliphatic heterocycles. The third-order valence-corrected chi connectivity index (χ3v) is 3.29. The fourth-order valence-corrected chi connectivity index (χ4v) is 2.07. The van der Waals surface area contributed by atoms with E-state index >= 15 is 0 Å². The molecule has 20 heavy (non-hydrogen) atoms. The first kappa shape index (κ1) is 12.9. The molecular weight excluding hydrogens is 254 g/mol. The fraction of sp³-hybridized carbons (Fsp3) is 0.462. The van der Waals surface area contributed by atoms with E-state index in [1.165, 1.54) is 12.8 Å². The Hall–Kier alpha value is -2.15. The highest BCUT2D eigenvalue weighted by molar-refractivity contribution is 5.47. The van der Waals surface area contributed by atoms with E-state index in [4.69, 9.17) is 5.84 Å². The normalized spacial score (nSPS) is 14.3. The topological polar surface area (TPSA) is 93.7 Å². The quantitative estimate of drug-likeness (QED) is 0.537. The molecule has 0 unspecified atom stereocenters. The summed E-state index contributed by atoms with van der Waals surface area (Å²) in [5.41, 5.74) is 3.66. The fourth-order valence-electron chi connectivity index (χ4n) is 2.07. The van der Waals surface area contributed by atoms with Crippen LogP contribution in [0.25, 0.3) is 0 Å². The summed E-state index contributed by atoms with van der Waals surface area (Å²) in [6.45, 7) is 0.780. The van der Waals surface area contributed by atoms with E-state index in [2.05, 4.69) is 25.8 Å². The zero-order valence-corrected chi connectivity index (χ0v) is 11.5. The largest absolute Gasteiger partial charge is 0.370 e. The van der Waals surface area contributed by atoms with Crippen LogP contribution in [0.5, 0.6) is 0 Å². The van der Waals surface area contributed by atoms with Crippen LogP contribution in [0.3, 0.4) is 0 Å². The van der Waals surface area contributed by atoms with Gasteiger partial charge in [0.2, 0.25) is 0 Å². The number of hydrazine groups is 1. The zero-order valence-electron chi connectivity index (χ0n) is 11.5. The van der Waals surface area contributed by atoms with Crippen molar-refractivity contribution in [3.05, 3.63) is 29.8 Å². The van der Waals surface area contributed by atoms with E-state index < -0.39 is 0 Å². The van der Waals surface area contributed by atoms with Crippen molar-refractivity contribution in [2.75, 3.05) is 17.3 Å². The Kier molecular flexibility index (Phi) is 3.51. The molecular formula is C13H19N7. The van der Waals surface area contributed by atoms with Crippen LogP contribution < -0.4 is 16.6 Å². The maximum Gasteiger partial charge on any atom is 0.145 e. The third-order valence-electron chi connectivity index (χ3n) is 3.29. The highest BCUT2D eigenvalue weighted by atomic mass is 15.3. The van der Waals surface area contributed by atoms with Gasteiger partial charge < -0.3 is 10.7 Å². The summed E-state index contributed by atoms with van der Waals surface area (Å²) in [4.78, 5) is 8.92. The lowest BCUT2D eigenvalue weighted by atomic mass is 10.3. The summed E-state index contributed by atoms with van der Waals surface area (Å²) in [5.74, 6) is 8.29. The Labute approximate surface area is 117 Å². The van der Waals surface area contributed by atoms with E-state index in [0.717, 1.165) is 30.3 Å². The smallest absolute Gasteiger partial charge is 0.145 e. The molecule has 4 N–H and O–H groups in total. The van der Waals surface area contributed by atoms with Crippen molar-refractivity contribution in [3.63, 3.8) is 0 Å². The molecule has 3 rings (SSSR count). The Balaban J connectivity index is 1.62. The number of aryl methyl sites for hydroxylation is 1. The van der Waals surface area contributed by atoms with Gasteiger partial charge in [0, 0.05) is 38.2 Å². The molecule has 7 nitrogen and oxygen atoms in total. The van der Waals surface area contributed by atoms with Crippen molar-refractivity contribution >= 4 is 11.6 Å². The van der Waals surface area contributed by atoms with Gasteiger partial charge in [0.05, 0.1) is 5.69 Å². The molecule has 2 aromatic heterocycles. The molecule has 0 spiro atoms. The van der Waals surface area contributed by atoms with Crippen LogP contribution in [0.2, 0.25) is 0 Å². The molecule has 0 aromatic carbocycles. The van der Waals surface area contributed by atoms with Crippen LogP contribution in [0, 0.1) is 0 Å². The summed E-state index contributed by atoms with van der Waals surface area (Å²) in [6.07, 6.45) is 5.14. The van der Waals surface area contributed by atoms with Gasteiger partial charge in [-0.3, -0.25) is 4.68 Å². The number of nitrogen functional groups attached to an aromatic ring is 1. The van der Waals surface area contributed by atoms with Gasteiger partial charge in [0.1, 0.15) is 17.5 Å². The Morgan fingerprint density at radius 1 is 1.35 bits per heavy atom. The first-order valence-electron chi connectivity index (χ1n) is 6.82. The third kappa shape index (κ3) is 3.05. The first-order valence-corrected chi connectivity index (χ1v) is 6.82.